The topological polar surface area (TPSA) is 50.7 Å². The van der Waals surface area contributed by atoms with Crippen molar-refractivity contribution in [3.05, 3.63) is 63.0 Å². The number of nitrogens with zero attached hydrogens (tertiary/aromatic N) is 1. The number of carbonyl (C=O) groups is 1. The Morgan fingerprint density at radius 1 is 1.21 bits per heavy atom. The van der Waals surface area contributed by atoms with Crippen LogP contribution >= 0.6 is 23.4 Å². The van der Waals surface area contributed by atoms with Crippen molar-refractivity contribution in [1.82, 2.24) is 5.32 Å². The molecule has 1 fully saturated rings. The Kier molecular flexibility index (Phi) is 4.84. The van der Waals surface area contributed by atoms with E-state index >= 15 is 0 Å². The van der Waals surface area contributed by atoms with E-state index in [1.54, 1.807) is 6.08 Å². The summed E-state index contributed by atoms with van der Waals surface area (Å²) in [5.74, 6) is 0.522. The van der Waals surface area contributed by atoms with Crippen LogP contribution in [0.25, 0.3) is 6.08 Å². The highest BCUT2D eigenvalue weighted by atomic mass is 35.5. The quantitative estimate of drug-likeness (QED) is 0.675. The van der Waals surface area contributed by atoms with E-state index in [2.05, 4.69) is 10.3 Å². The van der Waals surface area contributed by atoms with Gasteiger partial charge < -0.3 is 10.1 Å². The molecule has 0 saturated carbocycles. The normalized spacial score (nSPS) is 19.1. The molecule has 4 rings (SSSR count). The van der Waals surface area contributed by atoms with E-state index in [0.29, 0.717) is 11.5 Å². The lowest BCUT2D eigenvalue weighted by atomic mass is 10.1. The number of aliphatic imine (C=N–C) groups is 1. The fourth-order valence-corrected chi connectivity index (χ4v) is 3.87. The van der Waals surface area contributed by atoms with Crippen LogP contribution in [0.4, 0.5) is 18.9 Å². The Balaban J connectivity index is 1.56. The van der Waals surface area contributed by atoms with Crippen molar-refractivity contribution in [3.8, 4) is 5.75 Å². The van der Waals surface area contributed by atoms with Gasteiger partial charge in [-0.3, -0.25) is 4.79 Å². The highest BCUT2D eigenvalue weighted by molar-refractivity contribution is 8.18. The summed E-state index contributed by atoms with van der Waals surface area (Å²) in [6.45, 7) is 0.648. The van der Waals surface area contributed by atoms with Crippen molar-refractivity contribution in [2.45, 2.75) is 12.6 Å². The maximum Gasteiger partial charge on any atom is 0.416 e. The summed E-state index contributed by atoms with van der Waals surface area (Å²) in [6.07, 6.45) is -1.93. The molecular formula is C19H12ClF3N2O2S. The summed E-state index contributed by atoms with van der Waals surface area (Å²) in [7, 11) is 0. The zero-order chi connectivity index (χ0) is 19.9. The van der Waals surface area contributed by atoms with Crippen molar-refractivity contribution < 1.29 is 22.7 Å². The minimum Gasteiger partial charge on any atom is -0.493 e. The molecule has 0 unspecified atom stereocenters. The molecule has 2 aromatic carbocycles. The van der Waals surface area contributed by atoms with Gasteiger partial charge in [-0.25, -0.2) is 4.99 Å². The molecule has 4 nitrogen and oxygen atoms in total. The number of fused-ring (bicyclic) bond motifs is 1. The maximum absolute atomic E-state index is 12.7. The summed E-state index contributed by atoms with van der Waals surface area (Å²) in [5, 5.41) is 2.70. The number of amidine groups is 1. The van der Waals surface area contributed by atoms with Crippen LogP contribution in [0.3, 0.4) is 0 Å². The van der Waals surface area contributed by atoms with Crippen LogP contribution in [0.1, 0.15) is 16.7 Å². The Morgan fingerprint density at radius 3 is 2.79 bits per heavy atom. The Bertz CT molecular complexity index is 1030. The Morgan fingerprint density at radius 2 is 2.04 bits per heavy atom. The molecule has 0 radical (unpaired) electrons. The third-order valence-electron chi connectivity index (χ3n) is 4.16. The summed E-state index contributed by atoms with van der Waals surface area (Å²) in [6, 6.07) is 8.57. The maximum atomic E-state index is 12.7. The smallest absolute Gasteiger partial charge is 0.416 e. The largest absolute Gasteiger partial charge is 0.493 e. The van der Waals surface area contributed by atoms with Gasteiger partial charge in [-0.2, -0.15) is 13.2 Å². The second-order valence-electron chi connectivity index (χ2n) is 6.11. The molecule has 9 heteroatoms. The third-order valence-corrected chi connectivity index (χ3v) is 5.37. The van der Waals surface area contributed by atoms with E-state index in [4.69, 9.17) is 16.3 Å². The van der Waals surface area contributed by atoms with E-state index in [9.17, 15) is 18.0 Å². The van der Waals surface area contributed by atoms with E-state index < -0.39 is 11.7 Å². The molecule has 1 amide bonds. The molecule has 144 valence electrons. The predicted molar refractivity (Wildman–Crippen MR) is 103 cm³/mol. The lowest BCUT2D eigenvalue weighted by Gasteiger charge is -2.07. The molecule has 0 spiro atoms. The van der Waals surface area contributed by atoms with Gasteiger partial charge in [0.05, 0.1) is 27.8 Å². The number of hydrogen-bond donors (Lipinski definition) is 1. The van der Waals surface area contributed by atoms with Crippen molar-refractivity contribution in [1.29, 1.82) is 0 Å². The van der Waals surface area contributed by atoms with Crippen molar-refractivity contribution in [2.75, 3.05) is 6.61 Å². The highest BCUT2D eigenvalue weighted by Gasteiger charge is 2.31. The number of benzene rings is 2. The molecular weight excluding hydrogens is 413 g/mol. The lowest BCUT2D eigenvalue weighted by molar-refractivity contribution is -0.137. The van der Waals surface area contributed by atoms with Crippen LogP contribution in [-0.4, -0.2) is 17.7 Å². The molecule has 2 aromatic rings. The van der Waals surface area contributed by atoms with Gasteiger partial charge in [-0.15, -0.1) is 0 Å². The van der Waals surface area contributed by atoms with Gasteiger partial charge in [0.15, 0.2) is 5.17 Å². The molecule has 2 aliphatic rings. The van der Waals surface area contributed by atoms with Gasteiger partial charge in [-0.05, 0) is 59.3 Å². The Labute approximate surface area is 167 Å². The van der Waals surface area contributed by atoms with Crippen LogP contribution in [0.15, 0.2) is 46.3 Å². The second-order valence-corrected chi connectivity index (χ2v) is 7.55. The number of carbonyl (C=O) groups excluding carboxylic acids is 1. The van der Waals surface area contributed by atoms with Gasteiger partial charge in [0, 0.05) is 6.42 Å². The first-order chi connectivity index (χ1) is 13.3. The molecule has 28 heavy (non-hydrogen) atoms. The fraction of sp³-hybridized carbons (Fsp3) is 0.158. The number of alkyl halides is 3. The van der Waals surface area contributed by atoms with Crippen LogP contribution in [0, 0.1) is 0 Å². The lowest BCUT2D eigenvalue weighted by Crippen LogP contribution is -2.19. The third kappa shape index (κ3) is 3.88. The fourth-order valence-electron chi connectivity index (χ4n) is 2.81. The van der Waals surface area contributed by atoms with Crippen LogP contribution < -0.4 is 10.1 Å². The monoisotopic (exact) mass is 424 g/mol. The predicted octanol–water partition coefficient (Wildman–Crippen LogP) is 5.19. The van der Waals surface area contributed by atoms with Gasteiger partial charge in [0.2, 0.25) is 0 Å². The number of rotatable bonds is 2. The van der Waals surface area contributed by atoms with E-state index in [1.807, 2.05) is 18.2 Å². The average Bonchev–Trinajstić information content (AvgIpc) is 3.22. The van der Waals surface area contributed by atoms with Gasteiger partial charge in [0.25, 0.3) is 5.91 Å². The second kappa shape index (κ2) is 7.18. The Hall–Kier alpha value is -2.45. The number of ether oxygens (including phenoxy) is 1. The molecule has 2 heterocycles. The van der Waals surface area contributed by atoms with Gasteiger partial charge in [-0.1, -0.05) is 17.7 Å². The molecule has 2 aliphatic heterocycles. The minimum absolute atomic E-state index is 0.145. The summed E-state index contributed by atoms with van der Waals surface area (Å²) < 4.78 is 43.6. The standard InChI is InChI=1S/C19H12ClF3N2O2S/c20-13-9-12(19(21,22)23)2-3-14(13)24-18-25-17(26)16(28-18)8-10-1-4-15-11(7-10)5-6-27-15/h1-4,7-9H,5-6H2,(H,24,25,26)/b16-8-. The van der Waals surface area contributed by atoms with E-state index in [-0.39, 0.29) is 21.8 Å². The first-order valence-electron chi connectivity index (χ1n) is 8.22. The van der Waals surface area contributed by atoms with Crippen molar-refractivity contribution in [2.24, 2.45) is 4.99 Å². The number of hydrogen-bond acceptors (Lipinski definition) is 4. The number of amides is 1. The highest BCUT2D eigenvalue weighted by Crippen LogP contribution is 2.36. The van der Waals surface area contributed by atoms with Crippen LogP contribution in [-0.2, 0) is 17.4 Å². The molecule has 1 N–H and O–H groups in total. The molecule has 0 aromatic heterocycles. The van der Waals surface area contributed by atoms with Gasteiger partial charge >= 0.3 is 6.18 Å². The van der Waals surface area contributed by atoms with E-state index in [0.717, 1.165) is 47.2 Å². The average molecular weight is 425 g/mol. The summed E-state index contributed by atoms with van der Waals surface area (Å²) >= 11 is 7.01. The van der Waals surface area contributed by atoms with Crippen molar-refractivity contribution >= 4 is 46.2 Å². The van der Waals surface area contributed by atoms with Crippen LogP contribution in [0.5, 0.6) is 5.75 Å². The first-order valence-corrected chi connectivity index (χ1v) is 9.41. The first kappa shape index (κ1) is 18.9. The summed E-state index contributed by atoms with van der Waals surface area (Å²) in [4.78, 5) is 16.8. The van der Waals surface area contributed by atoms with Crippen molar-refractivity contribution in [3.63, 3.8) is 0 Å². The number of halogens is 4. The minimum atomic E-state index is -4.48. The number of thioether (sulfide) groups is 1. The summed E-state index contributed by atoms with van der Waals surface area (Å²) in [5.41, 5.74) is 1.23. The zero-order valence-electron chi connectivity index (χ0n) is 14.1. The zero-order valence-corrected chi connectivity index (χ0v) is 15.7. The SMILES string of the molecule is O=C1N/C(=N/c2ccc(C(F)(F)F)cc2Cl)S/C1=C\c1ccc2c(c1)CCO2. The molecule has 0 atom stereocenters. The van der Waals surface area contributed by atoms with E-state index in [1.165, 1.54) is 6.07 Å². The molecule has 0 bridgehead atoms. The molecule has 0 aliphatic carbocycles. The van der Waals surface area contributed by atoms with Gasteiger partial charge in [0.1, 0.15) is 5.75 Å². The number of nitrogens with one attached hydrogen (secondary N) is 1. The molecule has 1 saturated heterocycles. The van der Waals surface area contributed by atoms with Crippen LogP contribution in [0.2, 0.25) is 5.02 Å².